The number of amides is 3. The van der Waals surface area contributed by atoms with Crippen molar-refractivity contribution in [3.8, 4) is 0 Å². The van der Waals surface area contributed by atoms with Gasteiger partial charge in [-0.05, 0) is 44.1 Å². The molecule has 1 aromatic carbocycles. The van der Waals surface area contributed by atoms with Crippen LogP contribution in [0.1, 0.15) is 24.1 Å². The largest absolute Gasteiger partial charge is 0.338 e. The molecule has 2 heterocycles. The molecule has 9 heteroatoms. The molecule has 1 atom stereocenters. The van der Waals surface area contributed by atoms with Gasteiger partial charge in [-0.1, -0.05) is 12.1 Å². The number of nitrogens with zero attached hydrogens (tertiary/aromatic N) is 3. The molecule has 3 amide bonds. The monoisotopic (exact) mass is 405 g/mol. The SMILES string of the molecule is CN(Cc1csc(NC(=O)NCc2cccc(F)c2)n1)C(=O)C1CCCN1C. The maximum absolute atomic E-state index is 13.2. The van der Waals surface area contributed by atoms with Crippen molar-refractivity contribution in [1.29, 1.82) is 0 Å². The molecule has 2 N–H and O–H groups in total. The lowest BCUT2D eigenvalue weighted by molar-refractivity contribution is -0.134. The van der Waals surface area contributed by atoms with E-state index in [4.69, 9.17) is 0 Å². The van der Waals surface area contributed by atoms with Crippen molar-refractivity contribution in [3.05, 3.63) is 46.7 Å². The first-order valence-electron chi connectivity index (χ1n) is 9.11. The van der Waals surface area contributed by atoms with Gasteiger partial charge in [0.1, 0.15) is 5.82 Å². The van der Waals surface area contributed by atoms with Gasteiger partial charge < -0.3 is 10.2 Å². The summed E-state index contributed by atoms with van der Waals surface area (Å²) in [6, 6.07) is 5.58. The molecule has 0 saturated carbocycles. The van der Waals surface area contributed by atoms with E-state index in [-0.39, 0.29) is 24.3 Å². The molecule has 0 radical (unpaired) electrons. The van der Waals surface area contributed by atoms with Crippen molar-refractivity contribution in [3.63, 3.8) is 0 Å². The Labute approximate surface area is 167 Å². The van der Waals surface area contributed by atoms with Gasteiger partial charge in [-0.2, -0.15) is 0 Å². The molecule has 1 unspecified atom stereocenters. The Balaban J connectivity index is 1.48. The number of rotatable bonds is 6. The summed E-state index contributed by atoms with van der Waals surface area (Å²) < 4.78 is 13.2. The van der Waals surface area contributed by atoms with Gasteiger partial charge in [0.25, 0.3) is 0 Å². The third-order valence-corrected chi connectivity index (χ3v) is 5.50. The second kappa shape index (κ2) is 9.11. The Morgan fingerprint density at radius 2 is 2.25 bits per heavy atom. The number of hydrogen-bond donors (Lipinski definition) is 2. The van der Waals surface area contributed by atoms with Crippen molar-refractivity contribution >= 4 is 28.4 Å². The normalized spacial score (nSPS) is 16.8. The number of hydrogen-bond acceptors (Lipinski definition) is 5. The highest BCUT2D eigenvalue weighted by atomic mass is 32.1. The number of likely N-dealkylation sites (tertiary alicyclic amines) is 1. The molecule has 1 aliphatic heterocycles. The fraction of sp³-hybridized carbons (Fsp3) is 0.421. The Hall–Kier alpha value is -2.52. The maximum atomic E-state index is 13.2. The minimum atomic E-state index is -0.415. The van der Waals surface area contributed by atoms with Crippen LogP contribution in [0.3, 0.4) is 0 Å². The molecule has 1 fully saturated rings. The molecule has 28 heavy (non-hydrogen) atoms. The van der Waals surface area contributed by atoms with Crippen LogP contribution in [-0.4, -0.2) is 53.4 Å². The summed E-state index contributed by atoms with van der Waals surface area (Å²) in [5.74, 6) is -0.248. The van der Waals surface area contributed by atoms with Crippen LogP contribution in [0.25, 0.3) is 0 Å². The highest BCUT2D eigenvalue weighted by molar-refractivity contribution is 7.13. The molecule has 150 valence electrons. The molecule has 1 saturated heterocycles. The predicted molar refractivity (Wildman–Crippen MR) is 106 cm³/mol. The fourth-order valence-corrected chi connectivity index (χ4v) is 3.90. The van der Waals surface area contributed by atoms with Gasteiger partial charge >= 0.3 is 6.03 Å². The molecule has 7 nitrogen and oxygen atoms in total. The quantitative estimate of drug-likeness (QED) is 0.775. The number of aromatic nitrogens is 1. The van der Waals surface area contributed by atoms with Gasteiger partial charge in [-0.15, -0.1) is 11.3 Å². The van der Waals surface area contributed by atoms with Gasteiger partial charge in [-0.3, -0.25) is 15.0 Å². The van der Waals surface area contributed by atoms with E-state index in [1.807, 2.05) is 12.4 Å². The standard InChI is InChI=1S/C19H24FN5O2S/c1-24-8-4-7-16(24)17(26)25(2)11-15-12-28-19(22-15)23-18(27)21-10-13-5-3-6-14(20)9-13/h3,5-6,9,12,16H,4,7-8,10-11H2,1-2H3,(H2,21,22,23,27). The van der Waals surface area contributed by atoms with E-state index in [1.54, 1.807) is 24.1 Å². The average molecular weight is 405 g/mol. The fourth-order valence-electron chi connectivity index (χ4n) is 3.21. The summed E-state index contributed by atoms with van der Waals surface area (Å²) in [5.41, 5.74) is 1.40. The topological polar surface area (TPSA) is 77.6 Å². The molecule has 0 spiro atoms. The van der Waals surface area contributed by atoms with Crippen molar-refractivity contribution in [1.82, 2.24) is 20.1 Å². The van der Waals surface area contributed by atoms with Gasteiger partial charge in [0, 0.05) is 19.0 Å². The Bertz CT molecular complexity index is 843. The molecule has 0 aliphatic carbocycles. The van der Waals surface area contributed by atoms with Crippen LogP contribution in [-0.2, 0) is 17.9 Å². The third-order valence-electron chi connectivity index (χ3n) is 4.70. The minimum Gasteiger partial charge on any atom is -0.338 e. The number of thiazole rings is 1. The molecule has 3 rings (SSSR count). The van der Waals surface area contributed by atoms with E-state index < -0.39 is 6.03 Å². The summed E-state index contributed by atoms with van der Waals surface area (Å²) in [4.78, 5) is 32.7. The lowest BCUT2D eigenvalue weighted by Crippen LogP contribution is -2.42. The van der Waals surface area contributed by atoms with Gasteiger partial charge in [0.15, 0.2) is 5.13 Å². The number of urea groups is 1. The number of benzene rings is 1. The third kappa shape index (κ3) is 5.26. The van der Waals surface area contributed by atoms with Crippen LogP contribution in [0.15, 0.2) is 29.6 Å². The summed E-state index contributed by atoms with van der Waals surface area (Å²) in [6.45, 7) is 1.56. The van der Waals surface area contributed by atoms with E-state index in [0.29, 0.717) is 17.2 Å². The second-order valence-electron chi connectivity index (χ2n) is 6.91. The molecule has 1 aromatic heterocycles. The summed E-state index contributed by atoms with van der Waals surface area (Å²) >= 11 is 1.30. The summed E-state index contributed by atoms with van der Waals surface area (Å²) in [7, 11) is 3.74. The number of nitrogens with one attached hydrogen (secondary N) is 2. The van der Waals surface area contributed by atoms with E-state index in [1.165, 1.54) is 23.5 Å². The Kier molecular flexibility index (Phi) is 6.58. The van der Waals surface area contributed by atoms with Crippen LogP contribution < -0.4 is 10.6 Å². The second-order valence-corrected chi connectivity index (χ2v) is 7.77. The van der Waals surface area contributed by atoms with Crippen LogP contribution in [0.5, 0.6) is 0 Å². The number of likely N-dealkylation sites (N-methyl/N-ethyl adjacent to an activating group) is 2. The summed E-state index contributed by atoms with van der Waals surface area (Å²) in [5, 5.41) is 7.60. The van der Waals surface area contributed by atoms with Crippen LogP contribution >= 0.6 is 11.3 Å². The molecule has 1 aliphatic rings. The van der Waals surface area contributed by atoms with Crippen molar-refractivity contribution in [2.45, 2.75) is 32.0 Å². The minimum absolute atomic E-state index is 0.0603. The molecule has 2 aromatic rings. The molecular weight excluding hydrogens is 381 g/mol. The van der Waals surface area contributed by atoms with Crippen LogP contribution in [0, 0.1) is 5.82 Å². The number of halogens is 1. The number of carbonyl (C=O) groups excluding carboxylic acids is 2. The first-order valence-corrected chi connectivity index (χ1v) is 9.99. The first kappa shape index (κ1) is 20.2. The Morgan fingerprint density at radius 3 is 2.96 bits per heavy atom. The van der Waals surface area contributed by atoms with Gasteiger partial charge in [0.2, 0.25) is 5.91 Å². The Morgan fingerprint density at radius 1 is 1.43 bits per heavy atom. The van der Waals surface area contributed by atoms with Crippen molar-refractivity contribution < 1.29 is 14.0 Å². The van der Waals surface area contributed by atoms with E-state index >= 15 is 0 Å². The van der Waals surface area contributed by atoms with E-state index in [0.717, 1.165) is 25.1 Å². The molecular formula is C19H24FN5O2S. The van der Waals surface area contributed by atoms with E-state index in [9.17, 15) is 14.0 Å². The van der Waals surface area contributed by atoms with Crippen LogP contribution in [0.4, 0.5) is 14.3 Å². The van der Waals surface area contributed by atoms with Gasteiger partial charge in [-0.25, -0.2) is 14.2 Å². The zero-order valence-corrected chi connectivity index (χ0v) is 16.8. The zero-order valence-electron chi connectivity index (χ0n) is 15.9. The van der Waals surface area contributed by atoms with Crippen LogP contribution in [0.2, 0.25) is 0 Å². The van der Waals surface area contributed by atoms with Crippen molar-refractivity contribution in [2.24, 2.45) is 0 Å². The zero-order chi connectivity index (χ0) is 20.1. The van der Waals surface area contributed by atoms with E-state index in [2.05, 4.69) is 20.5 Å². The molecule has 0 bridgehead atoms. The summed E-state index contributed by atoms with van der Waals surface area (Å²) in [6.07, 6.45) is 1.92. The highest BCUT2D eigenvalue weighted by Gasteiger charge is 2.30. The van der Waals surface area contributed by atoms with Gasteiger partial charge in [0.05, 0.1) is 18.3 Å². The highest BCUT2D eigenvalue weighted by Crippen LogP contribution is 2.20. The van der Waals surface area contributed by atoms with Crippen molar-refractivity contribution in [2.75, 3.05) is 26.0 Å². The lowest BCUT2D eigenvalue weighted by Gasteiger charge is -2.24. The lowest BCUT2D eigenvalue weighted by atomic mass is 10.2. The predicted octanol–water partition coefficient (Wildman–Crippen LogP) is 2.66. The smallest absolute Gasteiger partial charge is 0.321 e. The number of anilines is 1. The first-order chi connectivity index (χ1) is 13.4. The number of carbonyl (C=O) groups is 2. The average Bonchev–Trinajstić information content (AvgIpc) is 3.28. The maximum Gasteiger partial charge on any atom is 0.321 e.